The van der Waals surface area contributed by atoms with Crippen LogP contribution in [0.15, 0.2) is 85.2 Å². The predicted molar refractivity (Wildman–Crippen MR) is 127 cm³/mol. The molecule has 0 fully saturated rings. The minimum absolute atomic E-state index is 0.577. The number of benzene rings is 3. The number of hydrogen-bond acceptors (Lipinski definition) is 1. The minimum Gasteiger partial charge on any atom is -0.299 e. The summed E-state index contributed by atoms with van der Waals surface area (Å²) in [6.45, 7) is 6.85. The molecular formula is C28H30N2. The highest BCUT2D eigenvalue weighted by atomic mass is 15.1. The van der Waals surface area contributed by atoms with Crippen LogP contribution in [0.2, 0.25) is 0 Å². The summed E-state index contributed by atoms with van der Waals surface area (Å²) >= 11 is 0. The molecule has 3 aromatic carbocycles. The molecule has 30 heavy (non-hydrogen) atoms. The van der Waals surface area contributed by atoms with E-state index >= 15 is 0 Å². The van der Waals surface area contributed by atoms with Gasteiger partial charge in [-0.3, -0.25) is 4.57 Å². The molecule has 0 amide bonds. The lowest BCUT2D eigenvalue weighted by Crippen LogP contribution is -2.08. The van der Waals surface area contributed by atoms with Crippen molar-refractivity contribution in [3.05, 3.63) is 96.3 Å². The van der Waals surface area contributed by atoms with Crippen LogP contribution in [0.3, 0.4) is 0 Å². The molecule has 2 nitrogen and oxygen atoms in total. The zero-order chi connectivity index (χ0) is 20.9. The second-order valence-electron chi connectivity index (χ2n) is 8.34. The lowest BCUT2D eigenvalue weighted by molar-refractivity contribution is 0.644. The average molecular weight is 395 g/mol. The first kappa shape index (κ1) is 20.2. The van der Waals surface area contributed by atoms with Gasteiger partial charge in [-0.1, -0.05) is 87.9 Å². The van der Waals surface area contributed by atoms with Crippen LogP contribution < -0.4 is 0 Å². The van der Waals surface area contributed by atoms with E-state index in [0.717, 1.165) is 30.7 Å². The molecule has 152 valence electrons. The number of aromatic nitrogens is 2. The number of aryl methyl sites for hydroxylation is 1. The largest absolute Gasteiger partial charge is 0.299 e. The van der Waals surface area contributed by atoms with Crippen LogP contribution in [-0.2, 0) is 12.8 Å². The maximum absolute atomic E-state index is 4.73. The summed E-state index contributed by atoms with van der Waals surface area (Å²) in [5.41, 5.74) is 7.82. The van der Waals surface area contributed by atoms with Crippen LogP contribution >= 0.6 is 0 Å². The summed E-state index contributed by atoms with van der Waals surface area (Å²) in [5, 5.41) is 0. The van der Waals surface area contributed by atoms with Gasteiger partial charge in [0, 0.05) is 18.0 Å². The maximum atomic E-state index is 4.73. The molecule has 0 N–H and O–H groups in total. The Morgan fingerprint density at radius 3 is 2.07 bits per heavy atom. The van der Waals surface area contributed by atoms with Crippen LogP contribution in [0.4, 0.5) is 0 Å². The van der Waals surface area contributed by atoms with Crippen molar-refractivity contribution in [3.63, 3.8) is 0 Å². The molecule has 1 heterocycles. The summed E-state index contributed by atoms with van der Waals surface area (Å²) in [4.78, 5) is 4.73. The first-order chi connectivity index (χ1) is 14.7. The molecule has 1 aromatic heterocycles. The van der Waals surface area contributed by atoms with E-state index in [-0.39, 0.29) is 0 Å². The highest BCUT2D eigenvalue weighted by Crippen LogP contribution is 2.33. The van der Waals surface area contributed by atoms with Crippen LogP contribution in [0.25, 0.3) is 28.2 Å². The van der Waals surface area contributed by atoms with Gasteiger partial charge in [0.15, 0.2) is 0 Å². The van der Waals surface area contributed by atoms with Crippen LogP contribution in [0.1, 0.15) is 38.3 Å². The fourth-order valence-corrected chi connectivity index (χ4v) is 4.21. The molecular weight excluding hydrogens is 364 g/mol. The molecule has 0 aliphatic rings. The number of hydrogen-bond donors (Lipinski definition) is 0. The molecule has 0 bridgehead atoms. The third kappa shape index (κ3) is 4.23. The molecule has 0 aliphatic heterocycles. The lowest BCUT2D eigenvalue weighted by Gasteiger charge is -2.21. The Bertz CT molecular complexity index is 1090. The van der Waals surface area contributed by atoms with Gasteiger partial charge in [-0.15, -0.1) is 0 Å². The zero-order valence-corrected chi connectivity index (χ0v) is 18.2. The number of imidazole rings is 1. The van der Waals surface area contributed by atoms with E-state index < -0.39 is 0 Å². The third-order valence-corrected chi connectivity index (χ3v) is 5.44. The van der Waals surface area contributed by atoms with E-state index in [4.69, 9.17) is 4.98 Å². The van der Waals surface area contributed by atoms with E-state index in [0.29, 0.717) is 5.92 Å². The topological polar surface area (TPSA) is 17.8 Å². The first-order valence-electron chi connectivity index (χ1n) is 11.0. The molecule has 0 saturated heterocycles. The minimum atomic E-state index is 0.577. The predicted octanol–water partition coefficient (Wildman–Crippen LogP) is 7.36. The Kier molecular flexibility index (Phi) is 6.13. The highest BCUT2D eigenvalue weighted by molar-refractivity contribution is 5.70. The molecule has 4 rings (SSSR count). The monoisotopic (exact) mass is 394 g/mol. The number of rotatable bonds is 7. The Morgan fingerprint density at radius 1 is 0.800 bits per heavy atom. The Balaban J connectivity index is 1.94. The van der Waals surface area contributed by atoms with Crippen molar-refractivity contribution < 1.29 is 0 Å². The molecule has 0 unspecified atom stereocenters. The zero-order valence-electron chi connectivity index (χ0n) is 18.2. The summed E-state index contributed by atoms with van der Waals surface area (Å²) in [5.74, 6) is 1.58. The highest BCUT2D eigenvalue weighted by Gasteiger charge is 2.17. The summed E-state index contributed by atoms with van der Waals surface area (Å²) < 4.78 is 2.30. The van der Waals surface area contributed by atoms with Crippen LogP contribution in [0.5, 0.6) is 0 Å². The summed E-state index contributed by atoms with van der Waals surface area (Å²) in [7, 11) is 0. The SMILES string of the molecule is CCCc1cc(-c2ccccc2)cc(CC(C)C)c1-n1ccnc1-c1ccccc1. The van der Waals surface area contributed by atoms with Gasteiger partial charge in [0.05, 0.1) is 5.69 Å². The van der Waals surface area contributed by atoms with Gasteiger partial charge in [-0.05, 0) is 53.1 Å². The maximum Gasteiger partial charge on any atom is 0.144 e. The van der Waals surface area contributed by atoms with E-state index in [1.165, 1.54) is 27.9 Å². The van der Waals surface area contributed by atoms with Gasteiger partial charge in [0.1, 0.15) is 5.82 Å². The van der Waals surface area contributed by atoms with Gasteiger partial charge in [0.2, 0.25) is 0 Å². The van der Waals surface area contributed by atoms with E-state index in [9.17, 15) is 0 Å². The second-order valence-corrected chi connectivity index (χ2v) is 8.34. The first-order valence-corrected chi connectivity index (χ1v) is 11.0. The fourth-order valence-electron chi connectivity index (χ4n) is 4.21. The van der Waals surface area contributed by atoms with Gasteiger partial charge >= 0.3 is 0 Å². The second kappa shape index (κ2) is 9.13. The fraction of sp³-hybridized carbons (Fsp3) is 0.250. The third-order valence-electron chi connectivity index (χ3n) is 5.44. The molecule has 0 spiro atoms. The summed E-state index contributed by atoms with van der Waals surface area (Å²) in [6.07, 6.45) is 7.24. The van der Waals surface area contributed by atoms with Gasteiger partial charge in [-0.25, -0.2) is 4.98 Å². The number of nitrogens with zero attached hydrogens (tertiary/aromatic N) is 2. The molecule has 0 aliphatic carbocycles. The molecule has 0 atom stereocenters. The molecule has 0 saturated carbocycles. The Labute approximate surface area is 180 Å². The standard InChI is InChI=1S/C28H30N2/c1-4-11-24-19-25(22-12-7-5-8-13-22)20-26(18-21(2)3)27(24)30-17-16-29-28(30)23-14-9-6-10-15-23/h5-10,12-17,19-21H,4,11,18H2,1-3H3. The van der Waals surface area contributed by atoms with Crippen molar-refractivity contribution in [2.75, 3.05) is 0 Å². The van der Waals surface area contributed by atoms with Crippen molar-refractivity contribution in [3.8, 4) is 28.2 Å². The van der Waals surface area contributed by atoms with Crippen molar-refractivity contribution in [2.24, 2.45) is 5.92 Å². The van der Waals surface area contributed by atoms with Gasteiger partial charge in [0.25, 0.3) is 0 Å². The van der Waals surface area contributed by atoms with Crippen molar-refractivity contribution in [2.45, 2.75) is 40.0 Å². The van der Waals surface area contributed by atoms with E-state index in [1.54, 1.807) is 0 Å². The summed E-state index contributed by atoms with van der Waals surface area (Å²) in [6, 6.07) is 26.0. The van der Waals surface area contributed by atoms with Crippen molar-refractivity contribution in [1.82, 2.24) is 9.55 Å². The van der Waals surface area contributed by atoms with Crippen LogP contribution in [0, 0.1) is 5.92 Å². The molecule has 2 heteroatoms. The normalized spacial score (nSPS) is 11.2. The van der Waals surface area contributed by atoms with Crippen molar-refractivity contribution >= 4 is 0 Å². The smallest absolute Gasteiger partial charge is 0.144 e. The van der Waals surface area contributed by atoms with E-state index in [1.807, 2.05) is 6.20 Å². The van der Waals surface area contributed by atoms with Crippen molar-refractivity contribution in [1.29, 1.82) is 0 Å². The molecule has 4 aromatic rings. The van der Waals surface area contributed by atoms with Gasteiger partial charge in [-0.2, -0.15) is 0 Å². The van der Waals surface area contributed by atoms with E-state index in [2.05, 4.69) is 104 Å². The Hall–Kier alpha value is -3.13. The lowest BCUT2D eigenvalue weighted by atomic mass is 9.91. The molecule has 0 radical (unpaired) electrons. The Morgan fingerprint density at radius 2 is 1.43 bits per heavy atom. The van der Waals surface area contributed by atoms with Gasteiger partial charge < -0.3 is 0 Å². The van der Waals surface area contributed by atoms with Crippen LogP contribution in [-0.4, -0.2) is 9.55 Å². The quantitative estimate of drug-likeness (QED) is 0.320. The average Bonchev–Trinajstić information content (AvgIpc) is 3.24.